The van der Waals surface area contributed by atoms with Gasteiger partial charge in [-0.3, -0.25) is 4.79 Å². The Morgan fingerprint density at radius 1 is 1.35 bits per heavy atom. The van der Waals surface area contributed by atoms with Gasteiger partial charge in [-0.2, -0.15) is 0 Å². The first-order valence-electron chi connectivity index (χ1n) is 7.60. The van der Waals surface area contributed by atoms with Gasteiger partial charge in [0.05, 0.1) is 0 Å². The number of anilines is 1. The molecule has 1 aromatic rings. The average molecular weight is 280 g/mol. The molecule has 114 valence electrons. The van der Waals surface area contributed by atoms with Gasteiger partial charge in [-0.05, 0) is 25.4 Å². The molecule has 0 aromatic carbocycles. The molecule has 0 saturated carbocycles. The number of hydrogen-bond acceptors (Lipinski definition) is 4. The lowest BCUT2D eigenvalue weighted by atomic mass is 10.2. The first-order chi connectivity index (χ1) is 9.58. The van der Waals surface area contributed by atoms with Crippen molar-refractivity contribution in [2.75, 3.05) is 31.5 Å². The van der Waals surface area contributed by atoms with Crippen LogP contribution >= 0.6 is 0 Å². The van der Waals surface area contributed by atoms with Crippen LogP contribution in [0, 0.1) is 5.92 Å². The van der Waals surface area contributed by atoms with Gasteiger partial charge >= 0.3 is 0 Å². The minimum absolute atomic E-state index is 0.0280. The third-order valence-corrected chi connectivity index (χ3v) is 3.18. The predicted octanol–water partition coefficient (Wildman–Crippen LogP) is 2.04. The highest BCUT2D eigenvalue weighted by molar-refractivity contribution is 5.30. The van der Waals surface area contributed by atoms with Crippen LogP contribution < -0.4 is 10.9 Å². The maximum atomic E-state index is 12.2. The van der Waals surface area contributed by atoms with Crippen LogP contribution in [0.3, 0.4) is 0 Å². The second-order valence-corrected chi connectivity index (χ2v) is 5.49. The molecule has 0 saturated heterocycles. The monoisotopic (exact) mass is 280 g/mol. The van der Waals surface area contributed by atoms with E-state index in [1.807, 2.05) is 0 Å². The summed E-state index contributed by atoms with van der Waals surface area (Å²) >= 11 is 0. The summed E-state index contributed by atoms with van der Waals surface area (Å²) in [4.78, 5) is 18.7. The Hall–Kier alpha value is -1.36. The number of hydrogen-bond donors (Lipinski definition) is 1. The highest BCUT2D eigenvalue weighted by atomic mass is 16.1. The molecule has 0 spiro atoms. The van der Waals surface area contributed by atoms with E-state index < -0.39 is 0 Å². The van der Waals surface area contributed by atoms with E-state index in [-0.39, 0.29) is 5.56 Å². The zero-order chi connectivity index (χ0) is 15.0. The van der Waals surface area contributed by atoms with E-state index in [0.717, 1.165) is 39.1 Å². The Balaban J connectivity index is 2.58. The zero-order valence-electron chi connectivity index (χ0n) is 13.2. The van der Waals surface area contributed by atoms with Crippen molar-refractivity contribution in [1.29, 1.82) is 0 Å². The Bertz CT molecular complexity index is 442. The van der Waals surface area contributed by atoms with Crippen LogP contribution in [0.25, 0.3) is 0 Å². The molecule has 1 aromatic heterocycles. The lowest BCUT2D eigenvalue weighted by Gasteiger charge is -2.19. The minimum Gasteiger partial charge on any atom is -0.364 e. The van der Waals surface area contributed by atoms with Crippen molar-refractivity contribution in [3.63, 3.8) is 0 Å². The second-order valence-electron chi connectivity index (χ2n) is 5.49. The van der Waals surface area contributed by atoms with Crippen LogP contribution in [0.1, 0.15) is 34.1 Å². The summed E-state index contributed by atoms with van der Waals surface area (Å²) in [5.41, 5.74) is -0.0280. The van der Waals surface area contributed by atoms with Crippen molar-refractivity contribution < 1.29 is 0 Å². The molecule has 20 heavy (non-hydrogen) atoms. The van der Waals surface area contributed by atoms with Gasteiger partial charge in [0.2, 0.25) is 0 Å². The predicted molar refractivity (Wildman–Crippen MR) is 84.2 cm³/mol. The Labute approximate surface area is 122 Å². The molecular weight excluding hydrogens is 252 g/mol. The van der Waals surface area contributed by atoms with Gasteiger partial charge in [-0.15, -0.1) is 0 Å². The van der Waals surface area contributed by atoms with E-state index in [4.69, 9.17) is 0 Å². The highest BCUT2D eigenvalue weighted by Crippen LogP contribution is 1.99. The molecule has 0 unspecified atom stereocenters. The van der Waals surface area contributed by atoms with Gasteiger partial charge in [-0.25, -0.2) is 4.98 Å². The fourth-order valence-electron chi connectivity index (χ4n) is 2.18. The van der Waals surface area contributed by atoms with Gasteiger partial charge < -0.3 is 14.8 Å². The van der Waals surface area contributed by atoms with E-state index in [1.54, 1.807) is 17.0 Å². The van der Waals surface area contributed by atoms with Crippen molar-refractivity contribution in [2.24, 2.45) is 5.92 Å². The first kappa shape index (κ1) is 16.7. The summed E-state index contributed by atoms with van der Waals surface area (Å²) in [5.74, 6) is 0.906. The number of rotatable bonds is 9. The quantitative estimate of drug-likeness (QED) is 0.752. The fourth-order valence-corrected chi connectivity index (χ4v) is 2.18. The molecule has 0 radical (unpaired) electrons. The molecule has 0 aliphatic carbocycles. The molecule has 0 amide bonds. The van der Waals surface area contributed by atoms with Crippen molar-refractivity contribution >= 4 is 5.82 Å². The molecule has 1 rings (SSSR count). The van der Waals surface area contributed by atoms with Crippen LogP contribution in [0.4, 0.5) is 5.82 Å². The number of likely N-dealkylation sites (N-methyl/N-ethyl adjacent to an activating group) is 1. The molecule has 1 heterocycles. The standard InChI is InChI=1S/C15H28N4O/c1-5-9-18(6-2)10-7-16-14-15(20)19(11-8-17-14)12-13(3)4/h8,11,13H,5-7,9-10,12H2,1-4H3,(H,16,17). The van der Waals surface area contributed by atoms with Crippen molar-refractivity contribution in [3.05, 3.63) is 22.7 Å². The second kappa shape index (κ2) is 8.74. The summed E-state index contributed by atoms with van der Waals surface area (Å²) in [6, 6.07) is 0. The summed E-state index contributed by atoms with van der Waals surface area (Å²) in [7, 11) is 0. The Kier molecular flexibility index (Phi) is 7.30. The van der Waals surface area contributed by atoms with Crippen molar-refractivity contribution in [2.45, 2.75) is 40.7 Å². The SMILES string of the molecule is CCCN(CC)CCNc1nccn(CC(C)C)c1=O. The van der Waals surface area contributed by atoms with Gasteiger partial charge in [0.15, 0.2) is 5.82 Å². The van der Waals surface area contributed by atoms with Crippen LogP contribution in [0.5, 0.6) is 0 Å². The number of nitrogens with zero attached hydrogens (tertiary/aromatic N) is 3. The van der Waals surface area contributed by atoms with Crippen LogP contribution in [-0.2, 0) is 6.54 Å². The summed E-state index contributed by atoms with van der Waals surface area (Å²) in [5, 5.41) is 3.16. The molecule has 0 atom stereocenters. The van der Waals surface area contributed by atoms with Crippen molar-refractivity contribution in [1.82, 2.24) is 14.5 Å². The topological polar surface area (TPSA) is 50.2 Å². The van der Waals surface area contributed by atoms with Crippen LogP contribution in [0.2, 0.25) is 0 Å². The molecule has 0 bridgehead atoms. The molecule has 0 fully saturated rings. The first-order valence-corrected chi connectivity index (χ1v) is 7.60. The maximum absolute atomic E-state index is 12.2. The fraction of sp³-hybridized carbons (Fsp3) is 0.733. The minimum atomic E-state index is -0.0280. The van der Waals surface area contributed by atoms with Gasteiger partial charge in [-0.1, -0.05) is 27.7 Å². The van der Waals surface area contributed by atoms with Gasteiger partial charge in [0.25, 0.3) is 5.56 Å². The van der Waals surface area contributed by atoms with E-state index in [2.05, 4.69) is 42.9 Å². The largest absolute Gasteiger partial charge is 0.364 e. The van der Waals surface area contributed by atoms with Crippen molar-refractivity contribution in [3.8, 4) is 0 Å². The summed E-state index contributed by atoms with van der Waals surface area (Å²) in [6.07, 6.45) is 4.59. The molecule has 0 aliphatic rings. The van der Waals surface area contributed by atoms with Crippen LogP contribution in [0.15, 0.2) is 17.2 Å². The number of nitrogens with one attached hydrogen (secondary N) is 1. The average Bonchev–Trinajstić information content (AvgIpc) is 2.41. The summed E-state index contributed by atoms with van der Waals surface area (Å²) in [6.45, 7) is 13.1. The van der Waals surface area contributed by atoms with E-state index in [1.165, 1.54) is 0 Å². The zero-order valence-corrected chi connectivity index (χ0v) is 13.2. The lowest BCUT2D eigenvalue weighted by molar-refractivity contribution is 0.300. The molecule has 5 heteroatoms. The normalized spacial score (nSPS) is 11.3. The highest BCUT2D eigenvalue weighted by Gasteiger charge is 2.06. The molecule has 5 nitrogen and oxygen atoms in total. The van der Waals surface area contributed by atoms with Gasteiger partial charge in [0, 0.05) is 32.0 Å². The van der Waals surface area contributed by atoms with Gasteiger partial charge in [0.1, 0.15) is 0 Å². The summed E-state index contributed by atoms with van der Waals surface area (Å²) < 4.78 is 1.73. The molecule has 1 N–H and O–H groups in total. The number of aromatic nitrogens is 2. The van der Waals surface area contributed by atoms with Crippen LogP contribution in [-0.4, -0.2) is 40.6 Å². The lowest BCUT2D eigenvalue weighted by Crippen LogP contribution is -2.32. The van der Waals surface area contributed by atoms with E-state index >= 15 is 0 Å². The third kappa shape index (κ3) is 5.33. The smallest absolute Gasteiger partial charge is 0.293 e. The third-order valence-electron chi connectivity index (χ3n) is 3.18. The maximum Gasteiger partial charge on any atom is 0.293 e. The van der Waals surface area contributed by atoms with E-state index in [0.29, 0.717) is 11.7 Å². The Morgan fingerprint density at radius 3 is 2.70 bits per heavy atom. The van der Waals surface area contributed by atoms with E-state index in [9.17, 15) is 4.79 Å². The molecular formula is C15H28N4O. The Morgan fingerprint density at radius 2 is 2.10 bits per heavy atom. The molecule has 0 aliphatic heterocycles.